The minimum Gasteiger partial charge on any atom is -0.506 e. The second-order valence-electron chi connectivity index (χ2n) is 3.85. The summed E-state index contributed by atoms with van der Waals surface area (Å²) in [5.74, 6) is -0.0331. The number of aromatic hydroxyl groups is 1. The molecule has 0 radical (unpaired) electrons. The van der Waals surface area contributed by atoms with Crippen LogP contribution in [0.1, 0.15) is 13.8 Å². The van der Waals surface area contributed by atoms with E-state index in [4.69, 9.17) is 11.6 Å². The van der Waals surface area contributed by atoms with Gasteiger partial charge in [0, 0.05) is 11.1 Å². The molecule has 0 fully saturated rings. The highest BCUT2D eigenvalue weighted by molar-refractivity contribution is 6.30. The highest BCUT2D eigenvalue weighted by Gasteiger charge is 2.29. The molecule has 0 bridgehead atoms. The van der Waals surface area contributed by atoms with Crippen LogP contribution in [0.3, 0.4) is 0 Å². The molecule has 1 heterocycles. The van der Waals surface area contributed by atoms with Gasteiger partial charge in [-0.1, -0.05) is 11.6 Å². The lowest BCUT2D eigenvalue weighted by atomic mass is 10.1. The summed E-state index contributed by atoms with van der Waals surface area (Å²) in [6.45, 7) is 3.65. The molecule has 90 valence electrons. The van der Waals surface area contributed by atoms with E-state index in [1.54, 1.807) is 12.1 Å². The van der Waals surface area contributed by atoms with Crippen LogP contribution in [0, 0.1) is 0 Å². The van der Waals surface area contributed by atoms with Gasteiger partial charge < -0.3 is 5.11 Å². The molecule has 0 saturated carbocycles. The lowest BCUT2D eigenvalue weighted by molar-refractivity contribution is 0.244. The number of amides is 2. The number of carbonyl (C=O) groups is 1. The number of halogens is 1. The van der Waals surface area contributed by atoms with Crippen LogP contribution >= 0.6 is 11.6 Å². The van der Waals surface area contributed by atoms with E-state index in [1.807, 2.05) is 13.8 Å². The van der Waals surface area contributed by atoms with Crippen LogP contribution in [0.2, 0.25) is 5.02 Å². The molecule has 6 heteroatoms. The van der Waals surface area contributed by atoms with E-state index >= 15 is 0 Å². The first kappa shape index (κ1) is 11.7. The molecule has 1 atom stereocenters. The highest BCUT2D eigenvalue weighted by Crippen LogP contribution is 2.32. The Kier molecular flexibility index (Phi) is 2.93. The van der Waals surface area contributed by atoms with E-state index in [0.717, 1.165) is 5.71 Å². The van der Waals surface area contributed by atoms with Crippen LogP contribution in [0.15, 0.2) is 23.3 Å². The van der Waals surface area contributed by atoms with Crippen molar-refractivity contribution in [1.82, 2.24) is 5.43 Å². The molecular formula is C11H12ClN3O2. The molecule has 1 aliphatic rings. The summed E-state index contributed by atoms with van der Waals surface area (Å²) >= 11 is 5.75. The molecule has 1 unspecified atom stereocenters. The van der Waals surface area contributed by atoms with Gasteiger partial charge in [-0.3, -0.25) is 4.90 Å². The maximum Gasteiger partial charge on any atom is 0.342 e. The molecule has 1 aliphatic heterocycles. The number of hydrazone groups is 1. The molecule has 0 aliphatic carbocycles. The number of anilines is 1. The molecule has 2 amide bonds. The van der Waals surface area contributed by atoms with Gasteiger partial charge in [-0.05, 0) is 26.0 Å². The van der Waals surface area contributed by atoms with Crippen molar-refractivity contribution in [2.24, 2.45) is 5.10 Å². The van der Waals surface area contributed by atoms with Gasteiger partial charge >= 0.3 is 6.03 Å². The number of urea groups is 1. The van der Waals surface area contributed by atoms with Crippen LogP contribution in [0.4, 0.5) is 10.5 Å². The van der Waals surface area contributed by atoms with Gasteiger partial charge in [0.1, 0.15) is 5.75 Å². The number of benzene rings is 1. The first-order valence-corrected chi connectivity index (χ1v) is 5.50. The zero-order chi connectivity index (χ0) is 12.6. The highest BCUT2D eigenvalue weighted by atomic mass is 35.5. The third kappa shape index (κ3) is 2.06. The third-order valence-corrected chi connectivity index (χ3v) is 2.97. The molecule has 1 aromatic rings. The Morgan fingerprint density at radius 1 is 1.53 bits per heavy atom. The summed E-state index contributed by atoms with van der Waals surface area (Å²) in [7, 11) is 0. The van der Waals surface area contributed by atoms with E-state index in [1.165, 1.54) is 11.0 Å². The molecule has 0 saturated heterocycles. The summed E-state index contributed by atoms with van der Waals surface area (Å²) in [6.07, 6.45) is 0. The lowest BCUT2D eigenvalue weighted by Crippen LogP contribution is -2.51. The predicted octanol–water partition coefficient (Wildman–Crippen LogP) is 2.34. The zero-order valence-corrected chi connectivity index (χ0v) is 10.2. The summed E-state index contributed by atoms with van der Waals surface area (Å²) in [5, 5.41) is 14.1. The van der Waals surface area contributed by atoms with Crippen molar-refractivity contribution in [3.05, 3.63) is 23.2 Å². The lowest BCUT2D eigenvalue weighted by Gasteiger charge is -2.32. The van der Waals surface area contributed by atoms with Gasteiger partial charge in [-0.25, -0.2) is 10.2 Å². The second kappa shape index (κ2) is 4.25. The number of rotatable bonds is 1. The Hall–Kier alpha value is -1.75. The van der Waals surface area contributed by atoms with E-state index in [0.29, 0.717) is 10.7 Å². The van der Waals surface area contributed by atoms with E-state index in [-0.39, 0.29) is 17.8 Å². The normalized spacial score (nSPS) is 19.9. The first-order valence-electron chi connectivity index (χ1n) is 5.12. The Labute approximate surface area is 104 Å². The Morgan fingerprint density at radius 2 is 2.24 bits per heavy atom. The molecular weight excluding hydrogens is 242 g/mol. The van der Waals surface area contributed by atoms with Gasteiger partial charge in [0.05, 0.1) is 17.4 Å². The quantitative estimate of drug-likeness (QED) is 0.807. The van der Waals surface area contributed by atoms with Crippen LogP contribution in [-0.2, 0) is 0 Å². The van der Waals surface area contributed by atoms with Crippen LogP contribution in [0.25, 0.3) is 0 Å². The fourth-order valence-electron chi connectivity index (χ4n) is 1.66. The van der Waals surface area contributed by atoms with Crippen LogP contribution in [-0.4, -0.2) is 22.9 Å². The Balaban J connectivity index is 2.45. The monoisotopic (exact) mass is 253 g/mol. The number of nitrogens with zero attached hydrogens (tertiary/aromatic N) is 2. The minimum absolute atomic E-state index is 0.0331. The molecule has 0 aromatic heterocycles. The number of nitrogens with one attached hydrogen (secondary N) is 1. The van der Waals surface area contributed by atoms with Crippen molar-refractivity contribution in [2.75, 3.05) is 4.90 Å². The van der Waals surface area contributed by atoms with Gasteiger partial charge in [0.15, 0.2) is 0 Å². The van der Waals surface area contributed by atoms with E-state index in [9.17, 15) is 9.90 Å². The van der Waals surface area contributed by atoms with Crippen molar-refractivity contribution in [1.29, 1.82) is 0 Å². The zero-order valence-electron chi connectivity index (χ0n) is 9.44. The Morgan fingerprint density at radius 3 is 2.88 bits per heavy atom. The summed E-state index contributed by atoms with van der Waals surface area (Å²) < 4.78 is 0. The molecule has 5 nitrogen and oxygen atoms in total. The predicted molar refractivity (Wildman–Crippen MR) is 66.7 cm³/mol. The van der Waals surface area contributed by atoms with Crippen molar-refractivity contribution < 1.29 is 9.90 Å². The van der Waals surface area contributed by atoms with Gasteiger partial charge in [-0.2, -0.15) is 5.10 Å². The molecule has 17 heavy (non-hydrogen) atoms. The number of hydrogen-bond acceptors (Lipinski definition) is 3. The minimum atomic E-state index is -0.374. The van der Waals surface area contributed by atoms with E-state index < -0.39 is 0 Å². The van der Waals surface area contributed by atoms with Crippen molar-refractivity contribution in [3.8, 4) is 5.75 Å². The third-order valence-electron chi connectivity index (χ3n) is 2.74. The number of hydrogen-bond donors (Lipinski definition) is 2. The van der Waals surface area contributed by atoms with Crippen LogP contribution < -0.4 is 10.3 Å². The Bertz CT molecular complexity index is 501. The van der Waals surface area contributed by atoms with Crippen LogP contribution in [0.5, 0.6) is 5.75 Å². The number of phenolic OH excluding ortho intramolecular Hbond substituents is 1. The molecule has 0 spiro atoms. The van der Waals surface area contributed by atoms with E-state index in [2.05, 4.69) is 10.5 Å². The first-order chi connectivity index (χ1) is 8.00. The van der Waals surface area contributed by atoms with Crippen molar-refractivity contribution >= 4 is 29.0 Å². The smallest absolute Gasteiger partial charge is 0.342 e. The van der Waals surface area contributed by atoms with Crippen molar-refractivity contribution in [2.45, 2.75) is 19.9 Å². The van der Waals surface area contributed by atoms with Crippen molar-refractivity contribution in [3.63, 3.8) is 0 Å². The topological polar surface area (TPSA) is 64.9 Å². The van der Waals surface area contributed by atoms with Gasteiger partial charge in [-0.15, -0.1) is 0 Å². The number of phenols is 1. The average molecular weight is 254 g/mol. The fraction of sp³-hybridized carbons (Fsp3) is 0.273. The summed E-state index contributed by atoms with van der Waals surface area (Å²) in [6, 6.07) is 4.04. The number of carbonyl (C=O) groups excluding carboxylic acids is 1. The maximum atomic E-state index is 11.8. The summed E-state index contributed by atoms with van der Waals surface area (Å²) in [4.78, 5) is 13.2. The fourth-order valence-corrected chi connectivity index (χ4v) is 1.83. The molecule has 1 aromatic carbocycles. The molecule has 2 N–H and O–H groups in total. The second-order valence-corrected chi connectivity index (χ2v) is 4.29. The molecule has 2 rings (SSSR count). The largest absolute Gasteiger partial charge is 0.506 e. The van der Waals surface area contributed by atoms with Gasteiger partial charge in [0.2, 0.25) is 0 Å². The summed E-state index contributed by atoms with van der Waals surface area (Å²) in [5.41, 5.74) is 3.56. The average Bonchev–Trinajstić information content (AvgIpc) is 2.27. The van der Waals surface area contributed by atoms with Gasteiger partial charge in [0.25, 0.3) is 0 Å². The SMILES string of the molecule is CC1=NNC(=O)N(c2ccc(Cl)cc2O)C1C. The standard InChI is InChI=1S/C11H12ClN3O2/c1-6-7(2)15(11(17)14-13-6)9-4-3-8(12)5-10(9)16/h3-5,7,16H,1-2H3,(H,14,17). The maximum absolute atomic E-state index is 11.8.